The summed E-state index contributed by atoms with van der Waals surface area (Å²) in [6.07, 6.45) is 8.60. The Bertz CT molecular complexity index is 685. The highest BCUT2D eigenvalue weighted by molar-refractivity contribution is 5.32. The Morgan fingerprint density at radius 2 is 1.89 bits per heavy atom. The number of imidazole rings is 2. The summed E-state index contributed by atoms with van der Waals surface area (Å²) in [7, 11) is 1.76. The summed E-state index contributed by atoms with van der Waals surface area (Å²) in [5, 5.41) is 2.92. The number of hydrogen-bond acceptors (Lipinski definition) is 6. The van der Waals surface area contributed by atoms with Gasteiger partial charge in [0.2, 0.25) is 17.8 Å². The van der Waals surface area contributed by atoms with E-state index in [9.17, 15) is 0 Å². The Kier molecular flexibility index (Phi) is 2.67. The van der Waals surface area contributed by atoms with Crippen LogP contribution in [0.3, 0.4) is 0 Å². The zero-order valence-corrected chi connectivity index (χ0v) is 10.5. The van der Waals surface area contributed by atoms with Gasteiger partial charge in [0.1, 0.15) is 12.2 Å². The van der Waals surface area contributed by atoms with Gasteiger partial charge in [-0.05, 0) is 6.92 Å². The number of nitrogens with one attached hydrogen (secondary N) is 1. The van der Waals surface area contributed by atoms with E-state index in [1.165, 1.54) is 0 Å². The van der Waals surface area contributed by atoms with E-state index in [1.807, 2.05) is 13.1 Å². The van der Waals surface area contributed by atoms with Gasteiger partial charge in [0.25, 0.3) is 0 Å². The van der Waals surface area contributed by atoms with Gasteiger partial charge in [0.05, 0.1) is 0 Å². The Hall–Kier alpha value is -2.77. The van der Waals surface area contributed by atoms with Gasteiger partial charge in [-0.1, -0.05) is 0 Å². The quantitative estimate of drug-likeness (QED) is 0.738. The highest BCUT2D eigenvalue weighted by atomic mass is 15.3. The standard InChI is InChI=1S/C11H12N8/c1-8-14-4-6-19(8)11-16-9(12-2)15-10(17-11)18-5-3-13-7-18/h3-7H,1-2H3,(H,12,15,16,17). The number of aryl methyl sites for hydroxylation is 1. The van der Waals surface area contributed by atoms with Crippen molar-refractivity contribution in [1.29, 1.82) is 0 Å². The van der Waals surface area contributed by atoms with Gasteiger partial charge in [-0.15, -0.1) is 0 Å². The van der Waals surface area contributed by atoms with Crippen molar-refractivity contribution < 1.29 is 0 Å². The van der Waals surface area contributed by atoms with Crippen molar-refractivity contribution in [3.8, 4) is 11.9 Å². The summed E-state index contributed by atoms with van der Waals surface area (Å²) in [5.41, 5.74) is 0. The lowest BCUT2D eigenvalue weighted by atomic mass is 10.6. The molecule has 0 atom stereocenters. The summed E-state index contributed by atoms with van der Waals surface area (Å²) < 4.78 is 3.52. The van der Waals surface area contributed by atoms with Gasteiger partial charge in [-0.2, -0.15) is 15.0 Å². The van der Waals surface area contributed by atoms with Gasteiger partial charge in [0, 0.05) is 31.8 Å². The molecule has 0 saturated heterocycles. The highest BCUT2D eigenvalue weighted by Crippen LogP contribution is 2.10. The second-order valence-corrected chi connectivity index (χ2v) is 3.82. The molecule has 8 heteroatoms. The number of hydrogen-bond donors (Lipinski definition) is 1. The van der Waals surface area contributed by atoms with Crippen LogP contribution in [0, 0.1) is 6.92 Å². The molecule has 3 aromatic rings. The fraction of sp³-hybridized carbons (Fsp3) is 0.182. The van der Waals surface area contributed by atoms with Crippen molar-refractivity contribution in [3.05, 3.63) is 36.9 Å². The van der Waals surface area contributed by atoms with Crippen molar-refractivity contribution in [2.75, 3.05) is 12.4 Å². The smallest absolute Gasteiger partial charge is 0.241 e. The predicted octanol–water partition coefficient (Wildman–Crippen LogP) is 0.593. The van der Waals surface area contributed by atoms with Crippen LogP contribution in [0.25, 0.3) is 11.9 Å². The summed E-state index contributed by atoms with van der Waals surface area (Å²) in [5.74, 6) is 2.31. The molecule has 0 fully saturated rings. The summed E-state index contributed by atoms with van der Waals surface area (Å²) in [6, 6.07) is 0. The molecule has 0 amide bonds. The topological polar surface area (TPSA) is 86.3 Å². The fourth-order valence-corrected chi connectivity index (χ4v) is 1.66. The van der Waals surface area contributed by atoms with Gasteiger partial charge in [-0.25, -0.2) is 9.97 Å². The Morgan fingerprint density at radius 3 is 2.53 bits per heavy atom. The Balaban J connectivity index is 2.16. The first-order valence-corrected chi connectivity index (χ1v) is 5.70. The lowest BCUT2D eigenvalue weighted by Gasteiger charge is -2.08. The van der Waals surface area contributed by atoms with E-state index < -0.39 is 0 Å². The van der Waals surface area contributed by atoms with E-state index in [1.54, 1.807) is 41.1 Å². The average molecular weight is 256 g/mol. The second kappa shape index (κ2) is 4.48. The molecule has 8 nitrogen and oxygen atoms in total. The molecule has 0 unspecified atom stereocenters. The number of anilines is 1. The van der Waals surface area contributed by atoms with Gasteiger partial charge < -0.3 is 5.32 Å². The molecule has 0 saturated carbocycles. The number of rotatable bonds is 3. The second-order valence-electron chi connectivity index (χ2n) is 3.82. The van der Waals surface area contributed by atoms with Crippen LogP contribution in [0.4, 0.5) is 5.95 Å². The highest BCUT2D eigenvalue weighted by Gasteiger charge is 2.10. The van der Waals surface area contributed by atoms with E-state index in [-0.39, 0.29) is 0 Å². The normalized spacial score (nSPS) is 10.6. The molecule has 0 spiro atoms. The molecule has 0 radical (unpaired) electrons. The van der Waals surface area contributed by atoms with Crippen LogP contribution in [0.15, 0.2) is 31.1 Å². The molecule has 0 bridgehead atoms. The van der Waals surface area contributed by atoms with E-state index in [0.717, 1.165) is 5.82 Å². The Morgan fingerprint density at radius 1 is 1.05 bits per heavy atom. The lowest BCUT2D eigenvalue weighted by Crippen LogP contribution is -2.11. The molecule has 3 rings (SSSR count). The minimum absolute atomic E-state index is 0.488. The lowest BCUT2D eigenvalue weighted by molar-refractivity contribution is 0.823. The summed E-state index contributed by atoms with van der Waals surface area (Å²) >= 11 is 0. The molecule has 19 heavy (non-hydrogen) atoms. The minimum Gasteiger partial charge on any atom is -0.357 e. The third-order valence-electron chi connectivity index (χ3n) is 2.61. The zero-order valence-electron chi connectivity index (χ0n) is 10.5. The van der Waals surface area contributed by atoms with Gasteiger partial charge in [-0.3, -0.25) is 9.13 Å². The van der Waals surface area contributed by atoms with Crippen molar-refractivity contribution in [3.63, 3.8) is 0 Å². The first kappa shape index (κ1) is 11.3. The van der Waals surface area contributed by atoms with Gasteiger partial charge >= 0.3 is 0 Å². The monoisotopic (exact) mass is 256 g/mol. The number of aromatic nitrogens is 7. The van der Waals surface area contributed by atoms with Crippen molar-refractivity contribution in [2.45, 2.75) is 6.92 Å². The summed E-state index contributed by atoms with van der Waals surface area (Å²) in [4.78, 5) is 21.2. The van der Waals surface area contributed by atoms with Crippen molar-refractivity contribution in [1.82, 2.24) is 34.1 Å². The van der Waals surface area contributed by atoms with E-state index in [0.29, 0.717) is 17.8 Å². The van der Waals surface area contributed by atoms with Crippen LogP contribution in [-0.2, 0) is 0 Å². The minimum atomic E-state index is 0.488. The fourth-order valence-electron chi connectivity index (χ4n) is 1.66. The van der Waals surface area contributed by atoms with Crippen LogP contribution in [0.1, 0.15) is 5.82 Å². The van der Waals surface area contributed by atoms with E-state index in [2.05, 4.69) is 30.2 Å². The summed E-state index contributed by atoms with van der Waals surface area (Å²) in [6.45, 7) is 1.89. The van der Waals surface area contributed by atoms with E-state index >= 15 is 0 Å². The molecule has 0 aliphatic carbocycles. The SMILES string of the molecule is CNc1nc(-n2ccnc2)nc(-n2ccnc2C)n1. The molecular formula is C11H12N8. The molecule has 0 aliphatic rings. The third kappa shape index (κ3) is 2.03. The molecule has 0 aliphatic heterocycles. The first-order valence-electron chi connectivity index (χ1n) is 5.70. The molecule has 0 aromatic carbocycles. The van der Waals surface area contributed by atoms with Crippen LogP contribution in [-0.4, -0.2) is 41.1 Å². The zero-order chi connectivity index (χ0) is 13.2. The van der Waals surface area contributed by atoms with Crippen molar-refractivity contribution in [2.24, 2.45) is 0 Å². The molecule has 3 aromatic heterocycles. The first-order chi connectivity index (χ1) is 9.28. The van der Waals surface area contributed by atoms with Crippen molar-refractivity contribution >= 4 is 5.95 Å². The van der Waals surface area contributed by atoms with Crippen LogP contribution >= 0.6 is 0 Å². The van der Waals surface area contributed by atoms with Crippen LogP contribution in [0.5, 0.6) is 0 Å². The molecule has 1 N–H and O–H groups in total. The maximum Gasteiger partial charge on any atom is 0.241 e. The van der Waals surface area contributed by atoms with Crippen LogP contribution in [0.2, 0.25) is 0 Å². The number of nitrogens with zero attached hydrogens (tertiary/aromatic N) is 7. The van der Waals surface area contributed by atoms with Gasteiger partial charge in [0.15, 0.2) is 0 Å². The van der Waals surface area contributed by atoms with Crippen LogP contribution < -0.4 is 5.32 Å². The predicted molar refractivity (Wildman–Crippen MR) is 68.4 cm³/mol. The average Bonchev–Trinajstić information content (AvgIpc) is 3.09. The third-order valence-corrected chi connectivity index (χ3v) is 2.61. The largest absolute Gasteiger partial charge is 0.357 e. The maximum absolute atomic E-state index is 4.41. The molecular weight excluding hydrogens is 244 g/mol. The molecule has 96 valence electrons. The Labute approximate surface area is 109 Å². The molecule has 3 heterocycles. The van der Waals surface area contributed by atoms with E-state index in [4.69, 9.17) is 0 Å². The maximum atomic E-state index is 4.41.